The SMILES string of the molecule is CC1(CC(=O)OC(C)(C)C)CCN(c2cnc(Sc3cccc(N)c3Cl)c(N)n2)CC1.CC1(CNC(=O)OC(C)(C)C)CCNCC1.CC1(N)CCN(c2cnc(Sc3cccc(CC(=O)c4c(O)nc5ccccn5c4=O)c3Cl)c(N)n2)CC1.COC(=O)c1c(O)nc2ccccn2c1=O.Nc1cccc(S)c1Cl.Nc1cccc(Sc2ncc(Cl)nc2N)c1Cl.Nc1nc(Cl)cnc1Br. The molecule has 3 fully saturated rings. The van der Waals surface area contributed by atoms with Crippen molar-refractivity contribution in [2.45, 2.75) is 165 Å². The van der Waals surface area contributed by atoms with Gasteiger partial charge in [-0.3, -0.25) is 28.0 Å². The van der Waals surface area contributed by atoms with E-state index in [1.54, 1.807) is 91.3 Å². The predicted molar refractivity (Wildman–Crippen MR) is 546 cm³/mol. The number of piperidine rings is 3. The maximum Gasteiger partial charge on any atom is 0.407 e. The van der Waals surface area contributed by atoms with Gasteiger partial charge in [0.2, 0.25) is 11.8 Å². The molecule has 0 aliphatic carbocycles. The Morgan fingerprint density at radius 2 is 0.949 bits per heavy atom. The summed E-state index contributed by atoms with van der Waals surface area (Å²) < 4.78 is 18.0. The zero-order chi connectivity index (χ0) is 99.9. The molecule has 724 valence electrons. The molecule has 46 heteroatoms. The number of rotatable bonds is 16. The summed E-state index contributed by atoms with van der Waals surface area (Å²) in [5.41, 5.74) is 46.2. The van der Waals surface area contributed by atoms with Crippen LogP contribution in [0.5, 0.6) is 11.8 Å². The molecule has 0 spiro atoms. The third kappa shape index (κ3) is 31.9. The van der Waals surface area contributed by atoms with Crippen LogP contribution in [0.3, 0.4) is 0 Å². The Labute approximate surface area is 841 Å². The number of ketones is 1. The van der Waals surface area contributed by atoms with Gasteiger partial charge in [-0.05, 0) is 199 Å². The van der Waals surface area contributed by atoms with Gasteiger partial charge in [-0.2, -0.15) is 9.97 Å². The number of benzene rings is 4. The van der Waals surface area contributed by atoms with Crippen LogP contribution in [0.15, 0.2) is 195 Å². The molecule has 3 aliphatic rings. The Bertz CT molecular complexity index is 6370. The number of amides is 1. The molecular weight excluding hydrogens is 2010 g/mol. The Balaban J connectivity index is 0.000000189. The number of esters is 2. The largest absolute Gasteiger partial charge is 0.493 e. The van der Waals surface area contributed by atoms with Crippen LogP contribution in [0, 0.1) is 10.8 Å². The second-order valence-electron chi connectivity index (χ2n) is 33.9. The number of nitrogens with zero attached hydrogens (tertiary/aromatic N) is 14. The number of ether oxygens (including phenoxy) is 3. The lowest BCUT2D eigenvalue weighted by atomic mass is 9.77. The minimum atomic E-state index is -0.909. The monoisotopic (exact) mass is 2110 g/mol. The average molecular weight is 2120 g/mol. The van der Waals surface area contributed by atoms with Crippen LogP contribution in [0.4, 0.5) is 56.8 Å². The number of fused-ring (bicyclic) bond motifs is 2. The number of Topliss-reactive ketones (excluding diaryl/α,β-unsaturated/α-hetero) is 1. The van der Waals surface area contributed by atoms with Crippen LogP contribution in [-0.4, -0.2) is 162 Å². The normalized spacial score (nSPS) is 14.1. The van der Waals surface area contributed by atoms with E-state index in [4.69, 9.17) is 125 Å². The van der Waals surface area contributed by atoms with Crippen molar-refractivity contribution >= 4 is 221 Å². The summed E-state index contributed by atoms with van der Waals surface area (Å²) in [5, 5.41) is 29.9. The molecule has 0 bridgehead atoms. The molecular formula is C90H105BrCl6N24O11S4. The molecule has 4 aromatic carbocycles. The summed E-state index contributed by atoms with van der Waals surface area (Å²) in [7, 11) is 1.13. The van der Waals surface area contributed by atoms with Crippen LogP contribution >= 0.6 is 133 Å². The number of alkyl carbamates (subject to hydrolysis) is 1. The van der Waals surface area contributed by atoms with Gasteiger partial charge in [0, 0.05) is 76.7 Å². The maximum atomic E-state index is 13.1. The molecule has 136 heavy (non-hydrogen) atoms. The van der Waals surface area contributed by atoms with Crippen molar-refractivity contribution in [3.63, 3.8) is 0 Å². The van der Waals surface area contributed by atoms with Crippen LogP contribution in [0.25, 0.3) is 11.3 Å². The Morgan fingerprint density at radius 1 is 0.522 bits per heavy atom. The minimum absolute atomic E-state index is 0.0857. The molecule has 0 unspecified atom stereocenters. The molecule has 0 atom stereocenters. The van der Waals surface area contributed by atoms with Crippen LogP contribution in [-0.2, 0) is 25.4 Å². The highest BCUT2D eigenvalue weighted by Gasteiger charge is 2.36. The summed E-state index contributed by atoms with van der Waals surface area (Å²) >= 11 is 46.8. The van der Waals surface area contributed by atoms with Gasteiger partial charge in [-0.25, -0.2) is 49.5 Å². The smallest absolute Gasteiger partial charge is 0.407 e. The number of thiol groups is 1. The molecule has 0 radical (unpaired) electrons. The van der Waals surface area contributed by atoms with Gasteiger partial charge < -0.3 is 90.7 Å². The zero-order valence-corrected chi connectivity index (χ0v) is 85.2. The van der Waals surface area contributed by atoms with Gasteiger partial charge >= 0.3 is 18.0 Å². The third-order valence-corrected chi connectivity index (χ3v) is 27.2. The number of hydrogen-bond acceptors (Lipinski definition) is 36. The van der Waals surface area contributed by atoms with Gasteiger partial charge in [0.05, 0.1) is 75.5 Å². The summed E-state index contributed by atoms with van der Waals surface area (Å²) in [6.45, 7) is 23.6. The molecule has 35 nitrogen and oxygen atoms in total. The standard InChI is InChI=1S/C26H26ClN7O3S.C22H30ClN5O2S.C12H24N2O2.C10H8Cl2N4S.C10H8N2O4.C6H6ClNS.C4H3BrClN3/c1-26(29)8-11-33(12-9-26)19-14-30-24(22(28)31-19)38-17-6-4-5-15(21(17)27)13-16(35)20-23(36)32-18-7-2-3-10-34(18)25(20)37;1-21(2,3)30-17(29)12-22(4)8-10-28(11-9-22)16-13-26-20(19(25)27-16)31-15-7-5-6-14(24)18(15)23;1-11(2,3)16-10(15)14-9-12(4)5-7-13-8-6-12;11-7-4-15-10(9(14)16-7)17-6-3-1-2-5(13)8(6)12;1-16-10(15)7-8(13)11-6-4-2-3-5-12(6)9(7)14;7-6-4(8)2-1-3-5(6)9;5-3-4(7)9-2(6)1-8-3/h2-7,10,14,36H,8-9,11-13,29H2,1H3,(H2,28,31);5-7,13H,8-12,24H2,1-4H3,(H2,25,27);13H,5-9H2,1-4H3,(H,14,15);1-4H,13H2,(H2,14,16);2-5,13H,1H3;1-3,9H,8H2;1H,(H2,7,9). The van der Waals surface area contributed by atoms with Crippen molar-refractivity contribution in [2.24, 2.45) is 16.6 Å². The highest BCUT2D eigenvalue weighted by molar-refractivity contribution is 9.10. The van der Waals surface area contributed by atoms with Gasteiger partial charge in [0.25, 0.3) is 11.1 Å². The number of aromatic hydroxyl groups is 2. The lowest BCUT2D eigenvalue weighted by Gasteiger charge is -2.39. The Morgan fingerprint density at radius 3 is 1.40 bits per heavy atom. The number of methoxy groups -OCH3 is 1. The first-order valence-electron chi connectivity index (χ1n) is 41.8. The van der Waals surface area contributed by atoms with Gasteiger partial charge in [-0.15, -0.1) is 12.6 Å². The summed E-state index contributed by atoms with van der Waals surface area (Å²) in [6, 6.07) is 31.1. The first-order chi connectivity index (χ1) is 64.0. The maximum absolute atomic E-state index is 13.1. The first kappa shape index (κ1) is 109. The summed E-state index contributed by atoms with van der Waals surface area (Å²) in [6.07, 6.45) is 14.7. The third-order valence-electron chi connectivity index (χ3n) is 20.5. The van der Waals surface area contributed by atoms with Crippen molar-refractivity contribution in [3.05, 3.63) is 219 Å². The van der Waals surface area contributed by atoms with Crippen LogP contribution in [0.2, 0.25) is 30.4 Å². The van der Waals surface area contributed by atoms with E-state index in [2.05, 4.69) is 124 Å². The van der Waals surface area contributed by atoms with E-state index in [-0.39, 0.29) is 68.5 Å². The quantitative estimate of drug-likeness (QED) is 0.0140. The molecule has 3 aliphatic heterocycles. The number of halogens is 7. The van der Waals surface area contributed by atoms with E-state index >= 15 is 0 Å². The van der Waals surface area contributed by atoms with Gasteiger partial charge in [0.15, 0.2) is 34.6 Å². The van der Waals surface area contributed by atoms with Crippen molar-refractivity contribution < 1.29 is 43.6 Å². The zero-order valence-electron chi connectivity index (χ0n) is 75.7. The molecule has 0 saturated carbocycles. The molecule has 15 rings (SSSR count). The average Bonchev–Trinajstić information content (AvgIpc) is 0.777. The number of hydrogen-bond donors (Lipinski definition) is 13. The van der Waals surface area contributed by atoms with Crippen LogP contribution < -0.4 is 77.4 Å². The highest BCUT2D eigenvalue weighted by Crippen LogP contribution is 2.43. The predicted octanol–water partition coefficient (Wildman–Crippen LogP) is 17.0. The molecule has 8 aromatic heterocycles. The van der Waals surface area contributed by atoms with E-state index in [0.29, 0.717) is 103 Å². The number of nitrogens with one attached hydrogen (secondary N) is 2. The van der Waals surface area contributed by atoms with Gasteiger partial charge in [0.1, 0.15) is 69.7 Å². The number of carbonyl (C=O) groups is 4. The molecule has 20 N–H and O–H groups in total. The number of anilines is 9. The number of nitrogens with two attached hydrogens (primary N) is 8. The van der Waals surface area contributed by atoms with E-state index in [9.17, 15) is 39.0 Å². The Hall–Kier alpha value is -10.9. The highest BCUT2D eigenvalue weighted by atomic mass is 79.9. The fraction of sp³-hybridized carbons (Fsp3) is 0.333. The first-order valence-corrected chi connectivity index (χ1v) is 47.8. The van der Waals surface area contributed by atoms with E-state index in [1.165, 1.54) is 64.5 Å². The lowest BCUT2D eigenvalue weighted by Crippen LogP contribution is -2.48. The van der Waals surface area contributed by atoms with E-state index in [1.807, 2.05) is 71.9 Å². The van der Waals surface area contributed by atoms with Crippen molar-refractivity contribution in [1.82, 2.24) is 69.3 Å². The fourth-order valence-corrected chi connectivity index (χ4v) is 17.1. The molecule has 3 saturated heterocycles. The Kier molecular flexibility index (Phi) is 39.1. The van der Waals surface area contributed by atoms with Crippen molar-refractivity contribution in [1.29, 1.82) is 0 Å². The van der Waals surface area contributed by atoms with E-state index < -0.39 is 51.4 Å². The topological polar surface area (TPSA) is 547 Å². The minimum Gasteiger partial charge on any atom is -0.493 e. The van der Waals surface area contributed by atoms with Crippen LogP contribution in [0.1, 0.15) is 134 Å². The molecule has 1 amide bonds. The number of nitrogen functional groups attached to an aromatic ring is 7. The molecule has 12 aromatic rings. The van der Waals surface area contributed by atoms with Crippen molar-refractivity contribution in [2.75, 3.05) is 103 Å². The van der Waals surface area contributed by atoms with Gasteiger partial charge in [-0.1, -0.05) is 161 Å². The fourth-order valence-electron chi connectivity index (χ4n) is 13.0. The second kappa shape index (κ2) is 48.9. The second-order valence-corrected chi connectivity index (χ2v) is 40.5. The summed E-state index contributed by atoms with van der Waals surface area (Å²) in [5.74, 6) is -0.257. The van der Waals surface area contributed by atoms with E-state index in [0.717, 1.165) is 110 Å². The molecule has 11 heterocycles. The summed E-state index contributed by atoms with van der Waals surface area (Å²) in [4.78, 5) is 121. The van der Waals surface area contributed by atoms with Crippen molar-refractivity contribution in [3.8, 4) is 11.8 Å². The number of aromatic nitrogens is 12. The number of carbonyl (C=O) groups excluding carboxylic acids is 4. The lowest BCUT2D eigenvalue weighted by molar-refractivity contribution is -0.157. The number of pyridine rings is 2.